The normalized spacial score (nSPS) is 15.6. The molecule has 96 valence electrons. The van der Waals surface area contributed by atoms with Crippen LogP contribution in [0.2, 0.25) is 0 Å². The van der Waals surface area contributed by atoms with Gasteiger partial charge in [-0.1, -0.05) is 17.7 Å². The van der Waals surface area contributed by atoms with Crippen molar-refractivity contribution in [2.45, 2.75) is 11.8 Å². The molecule has 1 heterocycles. The number of hydrogen-bond acceptors (Lipinski definition) is 4. The van der Waals surface area contributed by atoms with Gasteiger partial charge in [0, 0.05) is 5.41 Å². The zero-order chi connectivity index (χ0) is 13.3. The summed E-state index contributed by atoms with van der Waals surface area (Å²) in [6, 6.07) is 6.32. The largest absolute Gasteiger partial charge is 0.477 e. The Kier molecular flexibility index (Phi) is 3.36. The summed E-state index contributed by atoms with van der Waals surface area (Å²) in [7, 11) is -3.79. The van der Waals surface area contributed by atoms with Gasteiger partial charge in [-0.2, -0.15) is 0 Å². The van der Waals surface area contributed by atoms with E-state index in [2.05, 4.69) is 0 Å². The quantitative estimate of drug-likeness (QED) is 0.913. The molecule has 0 bridgehead atoms. The molecular weight excluding hydrogens is 274 g/mol. The van der Waals surface area contributed by atoms with Crippen LogP contribution in [0.15, 0.2) is 40.3 Å². The highest BCUT2D eigenvalue weighted by Crippen LogP contribution is 2.30. The average Bonchev–Trinajstić information content (AvgIpc) is 2.79. The van der Waals surface area contributed by atoms with Gasteiger partial charge in [-0.05, 0) is 19.1 Å². The predicted molar refractivity (Wildman–Crippen MR) is 68.4 cm³/mol. The van der Waals surface area contributed by atoms with Crippen LogP contribution in [0.25, 0.3) is 0 Å². The summed E-state index contributed by atoms with van der Waals surface area (Å²) in [5, 5.41) is 10.3. The lowest BCUT2D eigenvalue weighted by Gasteiger charge is -2.19. The molecule has 0 amide bonds. The van der Waals surface area contributed by atoms with Gasteiger partial charge in [-0.3, -0.25) is 0 Å². The Hall–Kier alpha value is -1.47. The number of aliphatic carboxylic acids is 1. The van der Waals surface area contributed by atoms with Gasteiger partial charge in [-0.25, -0.2) is 17.5 Å². The molecule has 2 rings (SSSR count). The molecule has 18 heavy (non-hydrogen) atoms. The van der Waals surface area contributed by atoms with Gasteiger partial charge in [-0.15, -0.1) is 11.8 Å². The summed E-state index contributed by atoms with van der Waals surface area (Å²) < 4.78 is 25.4. The van der Waals surface area contributed by atoms with Crippen LogP contribution in [0, 0.1) is 6.92 Å². The second-order valence-corrected chi connectivity index (χ2v) is 6.46. The van der Waals surface area contributed by atoms with Crippen LogP contribution in [0.1, 0.15) is 5.56 Å². The van der Waals surface area contributed by atoms with Gasteiger partial charge in [0.05, 0.1) is 10.8 Å². The summed E-state index contributed by atoms with van der Waals surface area (Å²) in [6.45, 7) is 1.85. The molecule has 1 aliphatic heterocycles. The molecule has 5 nitrogen and oxygen atoms in total. The van der Waals surface area contributed by atoms with Crippen LogP contribution in [0.3, 0.4) is 0 Å². The van der Waals surface area contributed by atoms with Crippen LogP contribution >= 0.6 is 11.8 Å². The lowest BCUT2D eigenvalue weighted by molar-refractivity contribution is -0.133. The van der Waals surface area contributed by atoms with Gasteiger partial charge in [0.15, 0.2) is 0 Å². The van der Waals surface area contributed by atoms with Crippen molar-refractivity contribution >= 4 is 27.8 Å². The Morgan fingerprint density at radius 2 is 1.94 bits per heavy atom. The molecule has 0 aliphatic carbocycles. The number of rotatable bonds is 3. The first-order valence-electron chi connectivity index (χ1n) is 5.07. The number of sulfonamides is 1. The minimum absolute atomic E-state index is 0.0951. The highest BCUT2D eigenvalue weighted by molar-refractivity contribution is 8.03. The first-order valence-corrected chi connectivity index (χ1v) is 7.56. The molecule has 7 heteroatoms. The Labute approximate surface area is 109 Å². The molecular formula is C11H11NO4S2. The number of hydrogen-bond donors (Lipinski definition) is 1. The maximum absolute atomic E-state index is 12.3. The fourth-order valence-electron chi connectivity index (χ4n) is 1.51. The summed E-state index contributed by atoms with van der Waals surface area (Å²) in [5.74, 6) is -1.15. The number of aryl methyl sites for hydroxylation is 1. The number of carboxylic acids is 1. The highest BCUT2D eigenvalue weighted by atomic mass is 32.2. The zero-order valence-electron chi connectivity index (χ0n) is 9.53. The number of thioether (sulfide) groups is 1. The zero-order valence-corrected chi connectivity index (χ0v) is 11.2. The van der Waals surface area contributed by atoms with Crippen molar-refractivity contribution in [3.63, 3.8) is 0 Å². The number of nitrogens with zero attached hydrogens (tertiary/aromatic N) is 1. The Balaban J connectivity index is 2.41. The highest BCUT2D eigenvalue weighted by Gasteiger charge is 2.33. The van der Waals surface area contributed by atoms with Crippen LogP contribution in [-0.2, 0) is 14.8 Å². The topological polar surface area (TPSA) is 74.7 Å². The first-order chi connectivity index (χ1) is 8.43. The maximum atomic E-state index is 12.3. The third kappa shape index (κ3) is 2.23. The standard InChI is InChI=1S/C11H11NO4S2/c1-8-2-4-9(5-3-8)18(15,16)12-7-17-6-10(12)11(13)14/h2-6H,7H2,1H3,(H,13,14). The SMILES string of the molecule is Cc1ccc(S(=O)(=O)N2CSC=C2C(=O)O)cc1. The van der Waals surface area contributed by atoms with E-state index in [9.17, 15) is 13.2 Å². The third-order valence-corrected chi connectivity index (χ3v) is 5.22. The minimum Gasteiger partial charge on any atom is -0.477 e. The average molecular weight is 285 g/mol. The number of carbonyl (C=O) groups is 1. The maximum Gasteiger partial charge on any atom is 0.353 e. The van der Waals surface area contributed by atoms with E-state index in [1.165, 1.54) is 17.5 Å². The molecule has 1 N–H and O–H groups in total. The van der Waals surface area contributed by atoms with E-state index >= 15 is 0 Å². The minimum atomic E-state index is -3.79. The molecule has 0 unspecified atom stereocenters. The van der Waals surface area contributed by atoms with E-state index in [4.69, 9.17) is 5.11 Å². The summed E-state index contributed by atoms with van der Waals surface area (Å²) >= 11 is 1.15. The lowest BCUT2D eigenvalue weighted by atomic mass is 10.2. The van der Waals surface area contributed by atoms with Gasteiger partial charge < -0.3 is 5.11 Å². The van der Waals surface area contributed by atoms with Gasteiger partial charge >= 0.3 is 5.97 Å². The fourth-order valence-corrected chi connectivity index (χ4v) is 4.17. The second kappa shape index (κ2) is 4.66. The smallest absolute Gasteiger partial charge is 0.353 e. The van der Waals surface area contributed by atoms with Crippen molar-refractivity contribution in [3.05, 3.63) is 40.9 Å². The molecule has 1 aromatic carbocycles. The van der Waals surface area contributed by atoms with E-state index in [0.717, 1.165) is 21.6 Å². The Bertz CT molecular complexity index is 604. The van der Waals surface area contributed by atoms with Crippen LogP contribution in [-0.4, -0.2) is 29.7 Å². The first kappa shape index (κ1) is 13.0. The van der Waals surface area contributed by atoms with Crippen molar-refractivity contribution in [2.75, 3.05) is 5.88 Å². The molecule has 0 spiro atoms. The van der Waals surface area contributed by atoms with Gasteiger partial charge in [0.1, 0.15) is 5.70 Å². The van der Waals surface area contributed by atoms with Crippen molar-refractivity contribution in [1.29, 1.82) is 0 Å². The Morgan fingerprint density at radius 3 is 2.50 bits per heavy atom. The van der Waals surface area contributed by atoms with Crippen molar-refractivity contribution in [3.8, 4) is 0 Å². The van der Waals surface area contributed by atoms with E-state index in [-0.39, 0.29) is 16.5 Å². The monoisotopic (exact) mass is 285 g/mol. The third-order valence-electron chi connectivity index (χ3n) is 2.48. The molecule has 0 aromatic heterocycles. The van der Waals surface area contributed by atoms with Crippen LogP contribution in [0.5, 0.6) is 0 Å². The lowest BCUT2D eigenvalue weighted by Crippen LogP contribution is -2.30. The van der Waals surface area contributed by atoms with Gasteiger partial charge in [0.25, 0.3) is 10.0 Å². The molecule has 0 saturated carbocycles. The second-order valence-electron chi connectivity index (χ2n) is 3.77. The van der Waals surface area contributed by atoms with E-state index < -0.39 is 16.0 Å². The molecule has 0 atom stereocenters. The van der Waals surface area contributed by atoms with Crippen LogP contribution in [0.4, 0.5) is 0 Å². The van der Waals surface area contributed by atoms with E-state index in [1.807, 2.05) is 6.92 Å². The fraction of sp³-hybridized carbons (Fsp3) is 0.182. The van der Waals surface area contributed by atoms with Crippen molar-refractivity contribution in [1.82, 2.24) is 4.31 Å². The molecule has 0 saturated heterocycles. The number of carboxylic acid groups (broad SMARTS) is 1. The Morgan fingerprint density at radius 1 is 1.33 bits per heavy atom. The van der Waals surface area contributed by atoms with Crippen molar-refractivity contribution < 1.29 is 18.3 Å². The molecule has 0 fully saturated rings. The molecule has 1 aliphatic rings. The summed E-state index contributed by atoms with van der Waals surface area (Å²) in [5.41, 5.74) is 0.735. The van der Waals surface area contributed by atoms with E-state index in [1.54, 1.807) is 12.1 Å². The summed E-state index contributed by atoms with van der Waals surface area (Å²) in [6.07, 6.45) is 0. The molecule has 1 aromatic rings. The van der Waals surface area contributed by atoms with Crippen LogP contribution < -0.4 is 0 Å². The predicted octanol–water partition coefficient (Wildman–Crippen LogP) is 1.62. The molecule has 0 radical (unpaired) electrons. The van der Waals surface area contributed by atoms with E-state index in [0.29, 0.717) is 0 Å². The summed E-state index contributed by atoms with van der Waals surface area (Å²) in [4.78, 5) is 11.1. The number of benzene rings is 1. The van der Waals surface area contributed by atoms with Gasteiger partial charge in [0.2, 0.25) is 0 Å². The van der Waals surface area contributed by atoms with Crippen molar-refractivity contribution in [2.24, 2.45) is 0 Å².